The fraction of sp³-hybridized carbons (Fsp3) is 0.636. The molecule has 2 aromatic rings. The van der Waals surface area contributed by atoms with Crippen LogP contribution in [0, 0.1) is 25.2 Å². The smallest absolute Gasteiger partial charge is 0.216 e. The standard InChI is InChI=1S/C33H49BrN4O3S/c1-22-9-6-10-23(2)31(22)29-17-30-36-32(35-29)37-42(39,40)28-14-8-12-25(16-28)20-38(19-24-11-7-13-26(34)15-24)27(21-41-30)18-33(3,4)5/h6-7,9-11,13,15,25,27-30,32,35-37H,8,12,14,16-21H2,1-5H3/t25?,27-,28?,29?,30?,32?/m1/s1. The number of nitrogens with zero attached hydrogens (tertiary/aromatic N) is 1. The molecule has 2 heterocycles. The van der Waals surface area contributed by atoms with Gasteiger partial charge in [-0.05, 0) is 85.3 Å². The van der Waals surface area contributed by atoms with E-state index < -0.39 is 21.6 Å². The second-order valence-electron chi connectivity index (χ2n) is 14.0. The Kier molecular flexibility index (Phi) is 10.2. The van der Waals surface area contributed by atoms with Crippen molar-refractivity contribution in [3.63, 3.8) is 0 Å². The van der Waals surface area contributed by atoms with Crippen molar-refractivity contribution in [1.29, 1.82) is 0 Å². The monoisotopic (exact) mass is 660 g/mol. The maximum Gasteiger partial charge on any atom is 0.216 e. The molecule has 5 unspecified atom stereocenters. The lowest BCUT2D eigenvalue weighted by Gasteiger charge is -2.41. The average Bonchev–Trinajstić information content (AvgIpc) is 2.90. The Balaban J connectivity index is 1.50. The minimum absolute atomic E-state index is 0.0341. The highest BCUT2D eigenvalue weighted by Crippen LogP contribution is 2.34. The van der Waals surface area contributed by atoms with Crippen molar-refractivity contribution in [1.82, 2.24) is 20.3 Å². The molecule has 232 valence electrons. The van der Waals surface area contributed by atoms with Crippen molar-refractivity contribution >= 4 is 26.0 Å². The van der Waals surface area contributed by atoms with Crippen LogP contribution in [0.4, 0.5) is 0 Å². The zero-order valence-corrected chi connectivity index (χ0v) is 28.2. The van der Waals surface area contributed by atoms with Gasteiger partial charge in [-0.3, -0.25) is 15.5 Å². The van der Waals surface area contributed by atoms with Crippen molar-refractivity contribution in [2.75, 3.05) is 13.2 Å². The van der Waals surface area contributed by atoms with Crippen LogP contribution in [-0.4, -0.2) is 50.3 Å². The van der Waals surface area contributed by atoms with Gasteiger partial charge in [0.15, 0.2) is 0 Å². The summed E-state index contributed by atoms with van der Waals surface area (Å²) in [6, 6.07) is 15.0. The van der Waals surface area contributed by atoms with Crippen LogP contribution in [0.2, 0.25) is 0 Å². The Bertz CT molecular complexity index is 1310. The lowest BCUT2D eigenvalue weighted by Crippen LogP contribution is -2.64. The third-order valence-electron chi connectivity index (χ3n) is 9.14. The number of aryl methyl sites for hydroxylation is 2. The molecule has 5 rings (SSSR count). The predicted molar refractivity (Wildman–Crippen MR) is 173 cm³/mol. The van der Waals surface area contributed by atoms with Crippen LogP contribution in [-0.2, 0) is 21.3 Å². The van der Waals surface area contributed by atoms with Crippen LogP contribution in [0.3, 0.4) is 0 Å². The number of fused-ring (bicyclic) bond motifs is 4. The molecule has 42 heavy (non-hydrogen) atoms. The van der Waals surface area contributed by atoms with Gasteiger partial charge in [-0.15, -0.1) is 0 Å². The molecule has 4 bridgehead atoms. The molecule has 6 atom stereocenters. The van der Waals surface area contributed by atoms with Crippen molar-refractivity contribution in [2.45, 2.75) is 110 Å². The lowest BCUT2D eigenvalue weighted by molar-refractivity contribution is -0.0515. The molecular formula is C33H49BrN4O3S. The van der Waals surface area contributed by atoms with Gasteiger partial charge in [0.1, 0.15) is 12.5 Å². The van der Waals surface area contributed by atoms with Crippen molar-refractivity contribution in [2.24, 2.45) is 11.3 Å². The molecule has 9 heteroatoms. The Labute approximate surface area is 261 Å². The van der Waals surface area contributed by atoms with Crippen LogP contribution >= 0.6 is 15.9 Å². The minimum atomic E-state index is -3.55. The first-order valence-corrected chi connectivity index (χ1v) is 17.9. The first-order valence-electron chi connectivity index (χ1n) is 15.6. The topological polar surface area (TPSA) is 82.7 Å². The number of hydrogen-bond acceptors (Lipinski definition) is 6. The van der Waals surface area contributed by atoms with Gasteiger partial charge in [-0.25, -0.2) is 8.42 Å². The summed E-state index contributed by atoms with van der Waals surface area (Å²) in [6.45, 7) is 13.4. The van der Waals surface area contributed by atoms with E-state index in [9.17, 15) is 8.42 Å². The van der Waals surface area contributed by atoms with E-state index in [-0.39, 0.29) is 23.7 Å². The third kappa shape index (κ3) is 8.23. The summed E-state index contributed by atoms with van der Waals surface area (Å²) in [5.41, 5.74) is 5.00. The molecule has 1 saturated carbocycles. The van der Waals surface area contributed by atoms with Crippen LogP contribution in [0.25, 0.3) is 0 Å². The normalized spacial score (nSPS) is 31.0. The molecule has 2 aromatic carbocycles. The minimum Gasteiger partial charge on any atom is -0.362 e. The maximum atomic E-state index is 13.8. The fourth-order valence-electron chi connectivity index (χ4n) is 7.27. The van der Waals surface area contributed by atoms with Gasteiger partial charge in [-0.2, -0.15) is 4.72 Å². The summed E-state index contributed by atoms with van der Waals surface area (Å²) in [5, 5.41) is 6.65. The molecular weight excluding hydrogens is 612 g/mol. The van der Waals surface area contributed by atoms with E-state index >= 15 is 0 Å². The molecule has 3 aliphatic rings. The summed E-state index contributed by atoms with van der Waals surface area (Å²) in [4.78, 5) is 2.58. The van der Waals surface area contributed by atoms with E-state index in [1.54, 1.807) is 0 Å². The summed E-state index contributed by atoms with van der Waals surface area (Å²) in [5.74, 6) is 0.318. The van der Waals surface area contributed by atoms with Gasteiger partial charge in [0, 0.05) is 36.1 Å². The van der Waals surface area contributed by atoms with Crippen molar-refractivity contribution in [3.05, 3.63) is 69.2 Å². The van der Waals surface area contributed by atoms with Gasteiger partial charge in [0.25, 0.3) is 0 Å². The summed E-state index contributed by atoms with van der Waals surface area (Å²) in [6.07, 6.45) is 4.18. The van der Waals surface area contributed by atoms with E-state index in [1.165, 1.54) is 22.3 Å². The number of hydrogen-bond donors (Lipinski definition) is 3. The molecule has 1 aliphatic carbocycles. The zero-order valence-electron chi connectivity index (χ0n) is 25.8. The van der Waals surface area contributed by atoms with Crippen molar-refractivity contribution < 1.29 is 13.2 Å². The molecule has 0 spiro atoms. The van der Waals surface area contributed by atoms with E-state index in [4.69, 9.17) is 4.74 Å². The quantitative estimate of drug-likeness (QED) is 0.367. The number of halogens is 1. The van der Waals surface area contributed by atoms with Crippen LogP contribution in [0.15, 0.2) is 46.9 Å². The molecule has 3 fully saturated rings. The molecule has 0 amide bonds. The highest BCUT2D eigenvalue weighted by atomic mass is 79.9. The van der Waals surface area contributed by atoms with Crippen molar-refractivity contribution in [3.8, 4) is 0 Å². The maximum absolute atomic E-state index is 13.8. The summed E-state index contributed by atoms with van der Waals surface area (Å²) in [7, 11) is -3.55. The van der Waals surface area contributed by atoms with Gasteiger partial charge < -0.3 is 4.74 Å². The Morgan fingerprint density at radius 1 is 1.02 bits per heavy atom. The van der Waals surface area contributed by atoms with Gasteiger partial charge in [-0.1, -0.05) is 73.5 Å². The number of nitrogens with one attached hydrogen (secondary N) is 3. The van der Waals surface area contributed by atoms with Crippen LogP contribution < -0.4 is 15.4 Å². The van der Waals surface area contributed by atoms with Crippen LogP contribution in [0.1, 0.15) is 87.6 Å². The zero-order chi connectivity index (χ0) is 30.1. The molecule has 2 aliphatic heterocycles. The Morgan fingerprint density at radius 3 is 2.48 bits per heavy atom. The number of sulfonamides is 1. The molecule has 3 N–H and O–H groups in total. The largest absolute Gasteiger partial charge is 0.362 e. The predicted octanol–water partition coefficient (Wildman–Crippen LogP) is 6.12. The number of benzene rings is 2. The van der Waals surface area contributed by atoms with E-state index in [0.717, 1.165) is 36.8 Å². The van der Waals surface area contributed by atoms with E-state index in [2.05, 4.69) is 113 Å². The molecule has 0 aromatic heterocycles. The van der Waals surface area contributed by atoms with Gasteiger partial charge in [0.2, 0.25) is 10.0 Å². The third-order valence-corrected chi connectivity index (χ3v) is 11.5. The molecule has 7 nitrogen and oxygen atoms in total. The first-order chi connectivity index (χ1) is 19.9. The summed E-state index contributed by atoms with van der Waals surface area (Å²) < 4.78 is 38.4. The van der Waals surface area contributed by atoms with E-state index in [1.807, 2.05) is 0 Å². The Morgan fingerprint density at radius 2 is 1.76 bits per heavy atom. The Hall–Kier alpha value is -1.33. The number of ether oxygens (including phenoxy) is 1. The van der Waals surface area contributed by atoms with E-state index in [0.29, 0.717) is 31.8 Å². The van der Waals surface area contributed by atoms with Gasteiger partial charge in [0.05, 0.1) is 11.9 Å². The SMILES string of the molecule is Cc1cccc(C)c1C1CC2NC(N1)NS(=O)(=O)C1CCCC(C1)CN(Cc1cccc(Br)c1)[C@H](CC(C)(C)C)CO2. The fourth-order valence-corrected chi connectivity index (χ4v) is 9.38. The number of rotatable bonds is 4. The second kappa shape index (κ2) is 13.3. The second-order valence-corrected chi connectivity index (χ2v) is 16.9. The lowest BCUT2D eigenvalue weighted by atomic mass is 9.85. The van der Waals surface area contributed by atoms with Gasteiger partial charge >= 0.3 is 0 Å². The van der Waals surface area contributed by atoms with Crippen LogP contribution in [0.5, 0.6) is 0 Å². The first kappa shape index (κ1) is 32.1. The summed E-state index contributed by atoms with van der Waals surface area (Å²) >= 11 is 3.66. The highest BCUT2D eigenvalue weighted by molar-refractivity contribution is 9.10. The molecule has 0 radical (unpaired) electrons. The average molecular weight is 662 g/mol. The highest BCUT2D eigenvalue weighted by Gasteiger charge is 2.39. The molecule has 2 saturated heterocycles.